The zero-order chi connectivity index (χ0) is 20.3. The lowest BCUT2D eigenvalue weighted by Crippen LogP contribution is -2.06. The average molecular weight is 398 g/mol. The fraction of sp³-hybridized carbons (Fsp3) is 0.150. The number of carbonyl (C=O) groups excluding carboxylic acids is 1. The molecule has 0 saturated heterocycles. The van der Waals surface area contributed by atoms with Gasteiger partial charge in [-0.1, -0.05) is 11.6 Å². The van der Waals surface area contributed by atoms with Crippen LogP contribution in [0.1, 0.15) is 18.1 Å². The normalized spacial score (nSPS) is 10.4. The maximum Gasteiger partial charge on any atom is 0.248 e. The van der Waals surface area contributed by atoms with Crippen molar-refractivity contribution < 1.29 is 9.53 Å². The van der Waals surface area contributed by atoms with Crippen LogP contribution in [0.2, 0.25) is 5.02 Å². The van der Waals surface area contributed by atoms with E-state index in [0.717, 1.165) is 16.8 Å². The summed E-state index contributed by atoms with van der Waals surface area (Å²) in [5.74, 6) is 1.12. The van der Waals surface area contributed by atoms with Crippen molar-refractivity contribution in [3.63, 3.8) is 0 Å². The van der Waals surface area contributed by atoms with E-state index in [1.165, 1.54) is 13.3 Å². The number of aryl methyl sites for hydroxylation is 2. The molecule has 0 spiro atoms. The molecule has 0 radical (unpaired) electrons. The first-order valence-corrected chi connectivity index (χ1v) is 8.91. The Balaban J connectivity index is 1.80. The van der Waals surface area contributed by atoms with Crippen LogP contribution in [0.25, 0.3) is 0 Å². The van der Waals surface area contributed by atoms with Crippen LogP contribution in [0.3, 0.4) is 0 Å². The Labute approximate surface area is 167 Å². The molecule has 0 aliphatic carbocycles. The molecule has 1 heterocycles. The third-order valence-corrected chi connectivity index (χ3v) is 4.54. The molecular weight excluding hydrogens is 378 g/mol. The summed E-state index contributed by atoms with van der Waals surface area (Å²) in [5, 5.41) is 6.53. The van der Waals surface area contributed by atoms with Gasteiger partial charge in [0, 0.05) is 23.3 Å². The van der Waals surface area contributed by atoms with Crippen LogP contribution in [0.15, 0.2) is 42.7 Å². The number of nitrogen functional groups attached to an aromatic ring is 1. The van der Waals surface area contributed by atoms with Crippen LogP contribution >= 0.6 is 11.6 Å². The third kappa shape index (κ3) is 4.50. The van der Waals surface area contributed by atoms with E-state index >= 15 is 0 Å². The van der Waals surface area contributed by atoms with Gasteiger partial charge < -0.3 is 21.1 Å². The number of nitrogens with two attached hydrogens (primary N) is 1. The summed E-state index contributed by atoms with van der Waals surface area (Å²) in [6, 6.07) is 10.8. The van der Waals surface area contributed by atoms with Gasteiger partial charge in [-0.2, -0.15) is 4.98 Å². The van der Waals surface area contributed by atoms with Crippen molar-refractivity contribution in [3.8, 4) is 11.6 Å². The molecule has 144 valence electrons. The molecule has 0 aliphatic heterocycles. The number of carbonyl (C=O) groups is 1. The molecule has 2 aromatic carbocycles. The molecule has 8 heteroatoms. The molecule has 0 fully saturated rings. The van der Waals surface area contributed by atoms with Gasteiger partial charge in [-0.05, 0) is 61.4 Å². The monoisotopic (exact) mass is 397 g/mol. The lowest BCUT2D eigenvalue weighted by molar-refractivity contribution is -0.114. The Kier molecular flexibility index (Phi) is 5.65. The number of amides is 1. The number of hydrogen-bond acceptors (Lipinski definition) is 6. The van der Waals surface area contributed by atoms with Crippen molar-refractivity contribution in [3.05, 3.63) is 58.9 Å². The van der Waals surface area contributed by atoms with Crippen molar-refractivity contribution in [2.75, 3.05) is 16.4 Å². The molecule has 1 amide bonds. The highest BCUT2D eigenvalue weighted by Crippen LogP contribution is 2.33. The third-order valence-electron chi connectivity index (χ3n) is 3.94. The second-order valence-electron chi connectivity index (χ2n) is 6.30. The van der Waals surface area contributed by atoms with E-state index in [0.29, 0.717) is 22.3 Å². The summed E-state index contributed by atoms with van der Waals surface area (Å²) < 4.78 is 5.84. The Morgan fingerprint density at radius 3 is 2.29 bits per heavy atom. The SMILES string of the molecule is CC(=O)Nc1ccc(Nc2ncnc(Oc3cc(C)c(Cl)c(C)c3)c2N)cc1. The fourth-order valence-electron chi connectivity index (χ4n) is 2.61. The lowest BCUT2D eigenvalue weighted by Gasteiger charge is -2.13. The van der Waals surface area contributed by atoms with Crippen molar-refractivity contribution >= 4 is 40.4 Å². The van der Waals surface area contributed by atoms with Gasteiger partial charge in [0.05, 0.1) is 0 Å². The summed E-state index contributed by atoms with van der Waals surface area (Å²) in [4.78, 5) is 19.4. The van der Waals surface area contributed by atoms with Crippen LogP contribution < -0.4 is 21.1 Å². The Morgan fingerprint density at radius 1 is 1.07 bits per heavy atom. The maximum atomic E-state index is 11.1. The second-order valence-corrected chi connectivity index (χ2v) is 6.68. The minimum Gasteiger partial charge on any atom is -0.437 e. The predicted molar refractivity (Wildman–Crippen MR) is 111 cm³/mol. The summed E-state index contributed by atoms with van der Waals surface area (Å²) in [7, 11) is 0. The minimum atomic E-state index is -0.129. The van der Waals surface area contributed by atoms with Crippen LogP contribution in [0.5, 0.6) is 11.6 Å². The molecule has 3 rings (SSSR count). The first kappa shape index (κ1) is 19.4. The Bertz CT molecular complexity index is 999. The highest BCUT2D eigenvalue weighted by atomic mass is 35.5. The molecule has 28 heavy (non-hydrogen) atoms. The Morgan fingerprint density at radius 2 is 1.68 bits per heavy atom. The molecule has 3 aromatic rings. The summed E-state index contributed by atoms with van der Waals surface area (Å²) in [6.07, 6.45) is 1.37. The topological polar surface area (TPSA) is 102 Å². The lowest BCUT2D eigenvalue weighted by atomic mass is 10.1. The number of nitrogens with one attached hydrogen (secondary N) is 2. The van der Waals surface area contributed by atoms with Crippen molar-refractivity contribution in [2.45, 2.75) is 20.8 Å². The molecule has 0 bridgehead atoms. The van der Waals surface area contributed by atoms with Gasteiger partial charge in [-0.15, -0.1) is 0 Å². The van der Waals surface area contributed by atoms with E-state index in [4.69, 9.17) is 22.1 Å². The van der Waals surface area contributed by atoms with Crippen molar-refractivity contribution in [1.29, 1.82) is 0 Å². The highest BCUT2D eigenvalue weighted by Gasteiger charge is 2.12. The molecule has 0 aliphatic rings. The van der Waals surface area contributed by atoms with E-state index in [-0.39, 0.29) is 17.5 Å². The number of hydrogen-bond donors (Lipinski definition) is 3. The zero-order valence-electron chi connectivity index (χ0n) is 15.7. The summed E-state index contributed by atoms with van der Waals surface area (Å²) in [5.41, 5.74) is 9.72. The van der Waals surface area contributed by atoms with Crippen molar-refractivity contribution in [1.82, 2.24) is 9.97 Å². The molecular formula is C20H20ClN5O2. The first-order chi connectivity index (χ1) is 13.3. The number of aromatic nitrogens is 2. The number of halogens is 1. The summed E-state index contributed by atoms with van der Waals surface area (Å²) in [6.45, 7) is 5.27. The van der Waals surface area contributed by atoms with Gasteiger partial charge in [-0.3, -0.25) is 4.79 Å². The largest absolute Gasteiger partial charge is 0.437 e. The molecule has 0 atom stereocenters. The van der Waals surface area contributed by atoms with E-state index in [1.54, 1.807) is 24.3 Å². The molecule has 0 unspecified atom stereocenters. The van der Waals surface area contributed by atoms with Gasteiger partial charge in [0.1, 0.15) is 17.8 Å². The van der Waals surface area contributed by atoms with E-state index in [1.807, 2.05) is 26.0 Å². The van der Waals surface area contributed by atoms with Gasteiger partial charge in [0.2, 0.25) is 11.8 Å². The predicted octanol–water partition coefficient (Wildman–Crippen LogP) is 4.82. The second kappa shape index (κ2) is 8.14. The number of anilines is 4. The minimum absolute atomic E-state index is 0.129. The maximum absolute atomic E-state index is 11.1. The van der Waals surface area contributed by atoms with Crippen LogP contribution in [0.4, 0.5) is 22.9 Å². The van der Waals surface area contributed by atoms with Crippen LogP contribution in [0, 0.1) is 13.8 Å². The van der Waals surface area contributed by atoms with Gasteiger partial charge in [-0.25, -0.2) is 4.98 Å². The fourth-order valence-corrected chi connectivity index (χ4v) is 2.72. The van der Waals surface area contributed by atoms with Crippen LogP contribution in [-0.2, 0) is 4.79 Å². The standard InChI is InChI=1S/C20H20ClN5O2/c1-11-8-16(9-12(2)17(11)21)28-20-18(22)19(23-10-24-20)26-15-6-4-14(5-7-15)25-13(3)27/h4-10H,22H2,1-3H3,(H,25,27)(H,23,24,26). The molecule has 7 nitrogen and oxygen atoms in total. The van der Waals surface area contributed by atoms with Crippen molar-refractivity contribution in [2.24, 2.45) is 0 Å². The van der Waals surface area contributed by atoms with Gasteiger partial charge in [0.15, 0.2) is 5.82 Å². The smallest absolute Gasteiger partial charge is 0.248 e. The molecule has 4 N–H and O–H groups in total. The van der Waals surface area contributed by atoms with E-state index in [2.05, 4.69) is 20.6 Å². The Hall–Kier alpha value is -3.32. The summed E-state index contributed by atoms with van der Waals surface area (Å²) >= 11 is 6.20. The zero-order valence-corrected chi connectivity index (χ0v) is 16.5. The van der Waals surface area contributed by atoms with E-state index < -0.39 is 0 Å². The average Bonchev–Trinajstić information content (AvgIpc) is 2.64. The first-order valence-electron chi connectivity index (χ1n) is 8.53. The number of ether oxygens (including phenoxy) is 1. The number of rotatable bonds is 5. The molecule has 0 saturated carbocycles. The highest BCUT2D eigenvalue weighted by molar-refractivity contribution is 6.32. The van der Waals surface area contributed by atoms with E-state index in [9.17, 15) is 4.79 Å². The van der Waals surface area contributed by atoms with Gasteiger partial charge >= 0.3 is 0 Å². The quantitative estimate of drug-likeness (QED) is 0.570. The molecule has 1 aromatic heterocycles. The number of benzene rings is 2. The van der Waals surface area contributed by atoms with Crippen LogP contribution in [-0.4, -0.2) is 15.9 Å². The number of nitrogens with zero attached hydrogens (tertiary/aromatic N) is 2. The van der Waals surface area contributed by atoms with Gasteiger partial charge in [0.25, 0.3) is 0 Å².